The summed E-state index contributed by atoms with van der Waals surface area (Å²) in [6.45, 7) is 3.93. The van der Waals surface area contributed by atoms with Crippen LogP contribution in [0.5, 0.6) is 0 Å². The van der Waals surface area contributed by atoms with E-state index in [1.807, 2.05) is 56.3 Å². The second-order valence-electron chi connectivity index (χ2n) is 15.6. The Morgan fingerprint density at radius 1 is 0.544 bits per heavy atom. The molecule has 13 aromatic rings. The number of carbonyl (C=O) groups excluding carboxylic acids is 2. The van der Waals surface area contributed by atoms with E-state index in [2.05, 4.69) is 72.0 Å². The molecule has 11 aromatic carbocycles. The molecular weight excluding hydrogens is 703 g/mol. The molecule has 2 aromatic heterocycles. The van der Waals surface area contributed by atoms with E-state index in [4.69, 9.17) is 4.98 Å². The van der Waals surface area contributed by atoms with Gasteiger partial charge in [-0.1, -0.05) is 84.9 Å². The van der Waals surface area contributed by atoms with Gasteiger partial charge in [0.25, 0.3) is 11.5 Å². The number of pyridine rings is 1. The summed E-state index contributed by atoms with van der Waals surface area (Å²) in [5.74, 6) is -0.216. The molecule has 0 unspecified atom stereocenters. The zero-order valence-corrected chi connectivity index (χ0v) is 31.1. The monoisotopic (exact) mass is 731 g/mol. The molecule has 0 atom stereocenters. The number of hydrogen-bond acceptors (Lipinski definition) is 4. The van der Waals surface area contributed by atoms with Crippen LogP contribution in [0.3, 0.4) is 0 Å². The summed E-state index contributed by atoms with van der Waals surface area (Å²) in [5.41, 5.74) is 3.32. The van der Waals surface area contributed by atoms with Gasteiger partial charge in [0, 0.05) is 39.7 Å². The molecular formula is C51H29N3O3. The number of aryl methyl sites for hydroxylation is 1. The summed E-state index contributed by atoms with van der Waals surface area (Å²) in [6.07, 6.45) is 4.77. The summed E-state index contributed by atoms with van der Waals surface area (Å²) in [5, 5.41) is 26.6. The van der Waals surface area contributed by atoms with Crippen LogP contribution < -0.4 is 10.9 Å². The van der Waals surface area contributed by atoms with E-state index in [1.54, 1.807) is 11.4 Å². The van der Waals surface area contributed by atoms with Crippen LogP contribution in [0.4, 0.5) is 0 Å². The highest BCUT2D eigenvalue weighted by molar-refractivity contribution is 6.47. The van der Waals surface area contributed by atoms with E-state index in [-0.39, 0.29) is 11.5 Å². The zero-order chi connectivity index (χ0) is 38.2. The number of aldehydes is 1. The normalized spacial score (nSPS) is 13.0. The van der Waals surface area contributed by atoms with Crippen LogP contribution >= 0.6 is 0 Å². The van der Waals surface area contributed by atoms with Crippen molar-refractivity contribution in [1.82, 2.24) is 14.7 Å². The minimum absolute atomic E-state index is 0.0440. The largest absolute Gasteiger partial charge is 0.355 e. The lowest BCUT2D eigenvalue weighted by Crippen LogP contribution is -2.18. The fraction of sp³-hybridized carbons (Fsp3) is 0.0588. The summed E-state index contributed by atoms with van der Waals surface area (Å²) in [4.78, 5) is 44.6. The Labute approximate surface area is 322 Å². The van der Waals surface area contributed by atoms with Crippen LogP contribution in [0.2, 0.25) is 0 Å². The van der Waals surface area contributed by atoms with Crippen molar-refractivity contribution in [3.8, 4) is 0 Å². The maximum Gasteiger partial charge on any atom is 0.264 e. The molecule has 0 saturated carbocycles. The Morgan fingerprint density at radius 3 is 1.33 bits per heavy atom. The number of aromatic nitrogens is 2. The number of imidazole rings is 1. The average Bonchev–Trinajstić information content (AvgIpc) is 3.58. The molecule has 6 heteroatoms. The van der Waals surface area contributed by atoms with Crippen LogP contribution in [-0.2, 0) is 0 Å². The number of fused-ring (bicyclic) bond motifs is 8. The average molecular weight is 732 g/mol. The number of rotatable bonds is 3. The van der Waals surface area contributed by atoms with Crippen molar-refractivity contribution in [3.05, 3.63) is 136 Å². The second kappa shape index (κ2) is 10.2. The number of hydrogen-bond donors (Lipinski definition) is 1. The zero-order valence-electron chi connectivity index (χ0n) is 31.1. The van der Waals surface area contributed by atoms with Crippen molar-refractivity contribution in [2.24, 2.45) is 0 Å². The van der Waals surface area contributed by atoms with Gasteiger partial charge in [0.05, 0.1) is 11.4 Å². The van der Waals surface area contributed by atoms with Crippen molar-refractivity contribution >= 4 is 142 Å². The maximum atomic E-state index is 14.2. The molecule has 0 aliphatic heterocycles. The summed E-state index contributed by atoms with van der Waals surface area (Å²) >= 11 is 0. The first-order valence-corrected chi connectivity index (χ1v) is 19.3. The molecule has 2 heterocycles. The van der Waals surface area contributed by atoms with Crippen LogP contribution in [0.25, 0.3) is 130 Å². The third-order valence-corrected chi connectivity index (χ3v) is 13.1. The van der Waals surface area contributed by atoms with E-state index in [0.717, 1.165) is 71.5 Å². The lowest BCUT2D eigenvalue weighted by Gasteiger charge is -2.22. The van der Waals surface area contributed by atoms with Crippen molar-refractivity contribution in [1.29, 1.82) is 0 Å². The Bertz CT molecular complexity index is 3980. The van der Waals surface area contributed by atoms with Gasteiger partial charge in [-0.15, -0.1) is 0 Å². The maximum absolute atomic E-state index is 14.2. The fourth-order valence-electron chi connectivity index (χ4n) is 10.9. The first-order valence-electron chi connectivity index (χ1n) is 19.3. The first kappa shape index (κ1) is 30.8. The molecule has 1 N–H and O–H groups in total. The molecule has 6 nitrogen and oxygen atoms in total. The fourth-order valence-corrected chi connectivity index (χ4v) is 10.9. The highest BCUT2D eigenvalue weighted by atomic mass is 16.1. The van der Waals surface area contributed by atoms with E-state index < -0.39 is 0 Å². The van der Waals surface area contributed by atoms with Crippen LogP contribution in [0, 0.1) is 6.92 Å². The molecule has 0 spiro atoms. The predicted molar refractivity (Wildman–Crippen MR) is 237 cm³/mol. The first-order chi connectivity index (χ1) is 27.9. The molecule has 13 rings (SSSR count). The second-order valence-corrected chi connectivity index (χ2v) is 15.6. The van der Waals surface area contributed by atoms with E-state index in [0.29, 0.717) is 27.5 Å². The molecule has 266 valence electrons. The predicted octanol–water partition coefficient (Wildman–Crippen LogP) is 11.6. The number of amides is 1. The van der Waals surface area contributed by atoms with Crippen LogP contribution in [0.1, 0.15) is 39.0 Å². The van der Waals surface area contributed by atoms with Gasteiger partial charge in [0.15, 0.2) is 6.29 Å². The Hall–Kier alpha value is -7.44. The molecule has 57 heavy (non-hydrogen) atoms. The van der Waals surface area contributed by atoms with Gasteiger partial charge in [0.1, 0.15) is 5.65 Å². The molecule has 0 bridgehead atoms. The van der Waals surface area contributed by atoms with Crippen molar-refractivity contribution in [2.45, 2.75) is 13.8 Å². The minimum atomic E-state index is -0.216. The molecule has 0 saturated heterocycles. The number of benzene rings is 11. The molecule has 1 amide bonds. The van der Waals surface area contributed by atoms with E-state index in [9.17, 15) is 14.4 Å². The lowest BCUT2D eigenvalue weighted by atomic mass is 9.81. The van der Waals surface area contributed by atoms with E-state index in [1.165, 1.54) is 53.9 Å². The molecule has 0 radical (unpaired) electrons. The molecule has 0 aliphatic carbocycles. The van der Waals surface area contributed by atoms with Crippen LogP contribution in [-0.4, -0.2) is 28.6 Å². The third kappa shape index (κ3) is 3.42. The van der Waals surface area contributed by atoms with Crippen molar-refractivity contribution in [2.75, 3.05) is 7.05 Å². The van der Waals surface area contributed by atoms with Gasteiger partial charge in [0.2, 0.25) is 0 Å². The summed E-state index contributed by atoms with van der Waals surface area (Å²) in [6, 6.07) is 34.4. The van der Waals surface area contributed by atoms with Gasteiger partial charge in [-0.2, -0.15) is 0 Å². The van der Waals surface area contributed by atoms with Gasteiger partial charge >= 0.3 is 0 Å². The molecule has 0 fully saturated rings. The van der Waals surface area contributed by atoms with Crippen LogP contribution in [0.15, 0.2) is 108 Å². The standard InChI is InChI=1S/C51H29N3O3/c1-4-5-40-23(2)53-49-37-19-16-35-33-14-12-31-29-10-8-27-25-7-6-24(22-55)41-38(50(56)52-3)20-17-26(42(25)41)28-9-11-30(44(29)43(27)28)32-13-15-34(46(33)45(31)32)36-18-21-39(48(37)47(35)36)51(57)54(40)49/h4-22H,1-3H3,(H,52,56)/b5-4-. The van der Waals surface area contributed by atoms with Gasteiger partial charge in [-0.25, -0.2) is 4.98 Å². The topological polar surface area (TPSA) is 80.5 Å². The SMILES string of the molecule is C/C=C\c1c(C)nc2c3ccc4c5ccc6c7ccc8c9ccc(C=O)c%10c(C(=O)NC)ccc(c%11ccc(c%12ccc(c%13ccc(c(=O)n12)c3c%134)c5c%126)c7c%118)c%109. The smallest absolute Gasteiger partial charge is 0.264 e. The number of allylic oxidation sites excluding steroid dienone is 1. The van der Waals surface area contributed by atoms with Gasteiger partial charge < -0.3 is 5.32 Å². The Balaban J connectivity index is 1.18. The Kier molecular flexibility index (Phi) is 5.54. The highest BCUT2D eigenvalue weighted by Gasteiger charge is 2.25. The highest BCUT2D eigenvalue weighted by Crippen LogP contribution is 2.51. The van der Waals surface area contributed by atoms with Gasteiger partial charge in [-0.3, -0.25) is 18.8 Å². The lowest BCUT2D eigenvalue weighted by molar-refractivity contribution is 0.0964. The van der Waals surface area contributed by atoms with Crippen molar-refractivity contribution in [3.63, 3.8) is 0 Å². The number of nitrogens with one attached hydrogen (secondary N) is 1. The van der Waals surface area contributed by atoms with E-state index >= 15 is 0 Å². The Morgan fingerprint density at radius 2 is 0.912 bits per heavy atom. The third-order valence-electron chi connectivity index (χ3n) is 13.1. The van der Waals surface area contributed by atoms with Gasteiger partial charge in [-0.05, 0) is 135 Å². The summed E-state index contributed by atoms with van der Waals surface area (Å²) in [7, 11) is 1.62. The molecule has 0 aliphatic rings. The summed E-state index contributed by atoms with van der Waals surface area (Å²) < 4.78 is 1.77. The number of nitrogens with zero attached hydrogens (tertiary/aromatic N) is 2. The quantitative estimate of drug-likeness (QED) is 0.111. The minimum Gasteiger partial charge on any atom is -0.355 e. The number of carbonyl (C=O) groups is 2. The van der Waals surface area contributed by atoms with Crippen molar-refractivity contribution < 1.29 is 9.59 Å².